The molecule has 3 rings (SSSR count). The Hall–Kier alpha value is -3.09. The summed E-state index contributed by atoms with van der Waals surface area (Å²) in [5, 5.41) is 10.4. The number of hydrogen-bond acceptors (Lipinski definition) is 4. The van der Waals surface area contributed by atoms with E-state index in [0.29, 0.717) is 18.1 Å². The molecule has 0 radical (unpaired) electrons. The lowest BCUT2D eigenvalue weighted by Crippen LogP contribution is -2.22. The number of hydrogen-bond donors (Lipinski definition) is 3. The van der Waals surface area contributed by atoms with Crippen LogP contribution in [0.2, 0.25) is 0 Å². The second kappa shape index (κ2) is 6.57. The molecule has 124 valence electrons. The monoisotopic (exact) mass is 324 g/mol. The highest BCUT2D eigenvalue weighted by molar-refractivity contribution is 5.92. The van der Waals surface area contributed by atoms with Crippen LogP contribution in [0.5, 0.6) is 0 Å². The molecule has 1 aromatic carbocycles. The largest absolute Gasteiger partial charge is 0.379 e. The lowest BCUT2D eigenvalue weighted by atomic mass is 10.2. The van der Waals surface area contributed by atoms with Gasteiger partial charge in [-0.2, -0.15) is 5.10 Å². The number of aromatic nitrogens is 4. The first-order valence-corrected chi connectivity index (χ1v) is 7.66. The first kappa shape index (κ1) is 15.8. The second-order valence-electron chi connectivity index (χ2n) is 5.78. The molecule has 0 aliphatic heterocycles. The maximum Gasteiger partial charge on any atom is 0.269 e. The summed E-state index contributed by atoms with van der Waals surface area (Å²) in [6, 6.07) is 11.6. The van der Waals surface area contributed by atoms with Gasteiger partial charge in [0.15, 0.2) is 5.82 Å². The van der Waals surface area contributed by atoms with E-state index in [1.165, 1.54) is 0 Å². The van der Waals surface area contributed by atoms with Crippen molar-refractivity contribution in [3.05, 3.63) is 53.6 Å². The minimum atomic E-state index is -0.0387. The number of carbonyl (C=O) groups excluding carboxylic acids is 1. The van der Waals surface area contributed by atoms with Gasteiger partial charge in [-0.25, -0.2) is 4.98 Å². The van der Waals surface area contributed by atoms with E-state index < -0.39 is 0 Å². The van der Waals surface area contributed by atoms with Crippen molar-refractivity contribution in [2.45, 2.75) is 13.5 Å². The highest BCUT2D eigenvalue weighted by Crippen LogP contribution is 2.19. The van der Waals surface area contributed by atoms with E-state index in [2.05, 4.69) is 25.5 Å². The minimum Gasteiger partial charge on any atom is -0.379 e. The molecule has 3 N–H and O–H groups in total. The average molecular weight is 324 g/mol. The molecule has 1 amide bonds. The van der Waals surface area contributed by atoms with Crippen molar-refractivity contribution in [2.75, 3.05) is 19.4 Å². The van der Waals surface area contributed by atoms with Gasteiger partial charge in [0.2, 0.25) is 0 Å². The van der Waals surface area contributed by atoms with Gasteiger partial charge in [-0.15, -0.1) is 0 Å². The molecule has 24 heavy (non-hydrogen) atoms. The Morgan fingerprint density at radius 1 is 1.25 bits per heavy atom. The fourth-order valence-corrected chi connectivity index (χ4v) is 2.35. The zero-order valence-electron chi connectivity index (χ0n) is 13.9. The molecule has 0 saturated heterocycles. The number of anilines is 1. The highest BCUT2D eigenvalue weighted by atomic mass is 16.2. The Morgan fingerprint density at radius 3 is 2.79 bits per heavy atom. The molecule has 0 bridgehead atoms. The van der Waals surface area contributed by atoms with Crippen molar-refractivity contribution >= 4 is 11.6 Å². The van der Waals surface area contributed by atoms with Crippen LogP contribution in [0.3, 0.4) is 0 Å². The maximum absolute atomic E-state index is 11.9. The number of rotatable bonds is 5. The maximum atomic E-state index is 11.9. The fraction of sp³-hybridized carbons (Fsp3) is 0.235. The van der Waals surface area contributed by atoms with E-state index in [-0.39, 0.29) is 5.91 Å². The Morgan fingerprint density at radius 2 is 2.08 bits per heavy atom. The van der Waals surface area contributed by atoms with Gasteiger partial charge >= 0.3 is 0 Å². The summed E-state index contributed by atoms with van der Waals surface area (Å²) in [7, 11) is 3.47. The number of nitrogens with zero attached hydrogens (tertiary/aromatic N) is 3. The summed E-state index contributed by atoms with van der Waals surface area (Å²) < 4.78 is 0. The topological polar surface area (TPSA) is 89.7 Å². The number of carbonyl (C=O) groups is 1. The quantitative estimate of drug-likeness (QED) is 0.672. The Bertz CT molecular complexity index is 848. The van der Waals surface area contributed by atoms with E-state index >= 15 is 0 Å². The first-order valence-electron chi connectivity index (χ1n) is 7.66. The van der Waals surface area contributed by atoms with Gasteiger partial charge in [-0.1, -0.05) is 12.1 Å². The molecule has 7 heteroatoms. The molecule has 2 heterocycles. The SMILES string of the molecule is Cc1nc(-c2cccc(NCc3ccc(C(=O)N(C)C)[nH]3)c2)n[nH]1. The van der Waals surface area contributed by atoms with Crippen LogP contribution in [0.4, 0.5) is 5.69 Å². The molecular weight excluding hydrogens is 304 g/mol. The Labute approximate surface area is 140 Å². The Kier molecular flexibility index (Phi) is 4.33. The van der Waals surface area contributed by atoms with Crippen LogP contribution >= 0.6 is 0 Å². The van der Waals surface area contributed by atoms with Crippen molar-refractivity contribution < 1.29 is 4.79 Å². The van der Waals surface area contributed by atoms with Crippen molar-refractivity contribution in [1.29, 1.82) is 0 Å². The molecule has 0 fully saturated rings. The minimum absolute atomic E-state index is 0.0387. The lowest BCUT2D eigenvalue weighted by molar-refractivity contribution is 0.0822. The van der Waals surface area contributed by atoms with Gasteiger partial charge in [0, 0.05) is 31.0 Å². The molecule has 2 aromatic heterocycles. The standard InChI is InChI=1S/C17H20N6O/c1-11-19-16(22-21-11)12-5-4-6-13(9-12)18-10-14-7-8-15(20-14)17(24)23(2)3/h4-9,18,20H,10H2,1-3H3,(H,19,21,22). The van der Waals surface area contributed by atoms with Gasteiger partial charge < -0.3 is 15.2 Å². The van der Waals surface area contributed by atoms with E-state index in [1.807, 2.05) is 37.3 Å². The lowest BCUT2D eigenvalue weighted by Gasteiger charge is -2.08. The zero-order chi connectivity index (χ0) is 17.1. The highest BCUT2D eigenvalue weighted by Gasteiger charge is 2.10. The predicted molar refractivity (Wildman–Crippen MR) is 92.7 cm³/mol. The van der Waals surface area contributed by atoms with Crippen LogP contribution in [-0.2, 0) is 6.54 Å². The third kappa shape index (κ3) is 3.45. The molecule has 3 aromatic rings. The summed E-state index contributed by atoms with van der Waals surface area (Å²) in [6.07, 6.45) is 0. The molecule has 7 nitrogen and oxygen atoms in total. The summed E-state index contributed by atoms with van der Waals surface area (Å²) in [5.41, 5.74) is 3.44. The van der Waals surface area contributed by atoms with Gasteiger partial charge in [0.05, 0.1) is 6.54 Å². The normalized spacial score (nSPS) is 10.6. The van der Waals surface area contributed by atoms with Gasteiger partial charge in [0.1, 0.15) is 11.5 Å². The summed E-state index contributed by atoms with van der Waals surface area (Å²) in [6.45, 7) is 2.47. The number of benzene rings is 1. The zero-order valence-corrected chi connectivity index (χ0v) is 13.9. The van der Waals surface area contributed by atoms with Gasteiger partial charge in [0.25, 0.3) is 5.91 Å². The van der Waals surface area contributed by atoms with Crippen LogP contribution in [0.25, 0.3) is 11.4 Å². The van der Waals surface area contributed by atoms with Crippen LogP contribution in [-0.4, -0.2) is 45.1 Å². The number of aromatic amines is 2. The van der Waals surface area contributed by atoms with E-state index in [4.69, 9.17) is 0 Å². The van der Waals surface area contributed by atoms with Crippen LogP contribution in [0, 0.1) is 6.92 Å². The summed E-state index contributed by atoms with van der Waals surface area (Å²) >= 11 is 0. The fourth-order valence-electron chi connectivity index (χ4n) is 2.35. The number of amides is 1. The number of nitrogens with one attached hydrogen (secondary N) is 3. The molecule has 0 spiro atoms. The Balaban J connectivity index is 1.68. The van der Waals surface area contributed by atoms with Gasteiger partial charge in [-0.05, 0) is 31.2 Å². The van der Waals surface area contributed by atoms with Crippen LogP contribution in [0.15, 0.2) is 36.4 Å². The molecule has 0 aliphatic carbocycles. The third-order valence-electron chi connectivity index (χ3n) is 3.58. The van der Waals surface area contributed by atoms with Crippen molar-refractivity contribution in [3.8, 4) is 11.4 Å². The number of H-pyrrole nitrogens is 2. The van der Waals surface area contributed by atoms with Crippen molar-refractivity contribution in [2.24, 2.45) is 0 Å². The summed E-state index contributed by atoms with van der Waals surface area (Å²) in [4.78, 5) is 20.9. The molecule has 0 aliphatic rings. The molecule has 0 atom stereocenters. The van der Waals surface area contributed by atoms with E-state index in [9.17, 15) is 4.79 Å². The summed E-state index contributed by atoms with van der Waals surface area (Å²) in [5.74, 6) is 1.42. The third-order valence-corrected chi connectivity index (χ3v) is 3.58. The molecular formula is C17H20N6O. The van der Waals surface area contributed by atoms with Crippen LogP contribution < -0.4 is 5.32 Å². The smallest absolute Gasteiger partial charge is 0.269 e. The first-order chi connectivity index (χ1) is 11.5. The molecule has 0 saturated carbocycles. The number of aryl methyl sites for hydroxylation is 1. The van der Waals surface area contributed by atoms with Crippen molar-refractivity contribution in [3.63, 3.8) is 0 Å². The van der Waals surface area contributed by atoms with Gasteiger partial charge in [-0.3, -0.25) is 9.89 Å². The second-order valence-corrected chi connectivity index (χ2v) is 5.78. The molecule has 0 unspecified atom stereocenters. The van der Waals surface area contributed by atoms with Crippen molar-refractivity contribution in [1.82, 2.24) is 25.1 Å². The van der Waals surface area contributed by atoms with E-state index in [0.717, 1.165) is 22.8 Å². The predicted octanol–water partition coefficient (Wildman–Crippen LogP) is 2.42. The van der Waals surface area contributed by atoms with Crippen LogP contribution in [0.1, 0.15) is 22.0 Å². The van der Waals surface area contributed by atoms with E-state index in [1.54, 1.807) is 25.1 Å². The average Bonchev–Trinajstić information content (AvgIpc) is 3.21.